The molecule has 0 amide bonds. The predicted molar refractivity (Wildman–Crippen MR) is 63.9 cm³/mol. The second kappa shape index (κ2) is 5.46. The van der Waals surface area contributed by atoms with Gasteiger partial charge in [0.2, 0.25) is 0 Å². The first-order valence-electron chi connectivity index (χ1n) is 6.89. The summed E-state index contributed by atoms with van der Waals surface area (Å²) >= 11 is 0. The number of nitrogens with two attached hydrogens (primary N) is 1. The van der Waals surface area contributed by atoms with Crippen molar-refractivity contribution in [1.82, 2.24) is 0 Å². The van der Waals surface area contributed by atoms with Gasteiger partial charge in [0.25, 0.3) is 0 Å². The Morgan fingerprint density at radius 1 is 1.12 bits per heavy atom. The van der Waals surface area contributed by atoms with Gasteiger partial charge in [-0.25, -0.2) is 4.39 Å². The number of halogens is 1. The van der Waals surface area contributed by atoms with Crippen LogP contribution in [0.4, 0.5) is 4.39 Å². The molecule has 2 rings (SSSR count). The van der Waals surface area contributed by atoms with Crippen molar-refractivity contribution >= 4 is 0 Å². The molecule has 1 aliphatic carbocycles. The molecule has 1 aliphatic heterocycles. The normalized spacial score (nSPS) is 45.6. The molecule has 2 nitrogen and oxygen atoms in total. The SMILES string of the molecule is CC1CCC(N)[NH+](CC2CCC(F)CC2)C1. The van der Waals surface area contributed by atoms with Gasteiger partial charge in [0.15, 0.2) is 0 Å². The number of hydrogen-bond acceptors (Lipinski definition) is 1. The van der Waals surface area contributed by atoms with Gasteiger partial charge in [-0.15, -0.1) is 0 Å². The minimum atomic E-state index is -0.528. The molecule has 2 fully saturated rings. The highest BCUT2D eigenvalue weighted by atomic mass is 19.1. The highest BCUT2D eigenvalue weighted by Gasteiger charge is 2.30. The van der Waals surface area contributed by atoms with Gasteiger partial charge in [-0.05, 0) is 32.1 Å². The van der Waals surface area contributed by atoms with Crippen LogP contribution in [0.2, 0.25) is 0 Å². The average molecular weight is 229 g/mol. The first-order chi connectivity index (χ1) is 7.65. The van der Waals surface area contributed by atoms with E-state index in [1.165, 1.54) is 19.5 Å². The Morgan fingerprint density at radius 3 is 2.50 bits per heavy atom. The molecule has 94 valence electrons. The van der Waals surface area contributed by atoms with Crippen molar-refractivity contribution in [3.05, 3.63) is 0 Å². The molecule has 1 heterocycles. The summed E-state index contributed by atoms with van der Waals surface area (Å²) in [5, 5.41) is 0. The zero-order valence-corrected chi connectivity index (χ0v) is 10.4. The third-order valence-corrected chi connectivity index (χ3v) is 4.43. The van der Waals surface area contributed by atoms with Crippen molar-refractivity contribution in [2.24, 2.45) is 17.6 Å². The Hall–Kier alpha value is -0.150. The van der Waals surface area contributed by atoms with Crippen molar-refractivity contribution in [2.45, 2.75) is 57.8 Å². The van der Waals surface area contributed by atoms with Crippen LogP contribution in [0, 0.1) is 11.8 Å². The average Bonchev–Trinajstić information content (AvgIpc) is 2.27. The van der Waals surface area contributed by atoms with Crippen LogP contribution in [0.25, 0.3) is 0 Å². The zero-order valence-electron chi connectivity index (χ0n) is 10.4. The zero-order chi connectivity index (χ0) is 11.5. The van der Waals surface area contributed by atoms with Crippen molar-refractivity contribution < 1.29 is 9.29 Å². The standard InChI is InChI=1S/C13H25FN2/c1-10-2-7-13(15)16(8-10)9-11-3-5-12(14)6-4-11/h10-13H,2-9,15H2,1H3/p+1. The molecule has 2 aliphatic rings. The highest BCUT2D eigenvalue weighted by Crippen LogP contribution is 2.25. The van der Waals surface area contributed by atoms with Crippen LogP contribution in [0.3, 0.4) is 0 Å². The minimum absolute atomic E-state index is 0.333. The Labute approximate surface area is 98.4 Å². The fourth-order valence-corrected chi connectivity index (χ4v) is 3.30. The monoisotopic (exact) mass is 229 g/mol. The van der Waals surface area contributed by atoms with Gasteiger partial charge in [0.1, 0.15) is 12.3 Å². The molecular weight excluding hydrogens is 203 g/mol. The summed E-state index contributed by atoms with van der Waals surface area (Å²) in [6.45, 7) is 4.72. The number of alkyl halides is 1. The summed E-state index contributed by atoms with van der Waals surface area (Å²) in [4.78, 5) is 1.57. The third-order valence-electron chi connectivity index (χ3n) is 4.43. The van der Waals surface area contributed by atoms with E-state index in [0.717, 1.165) is 43.9 Å². The van der Waals surface area contributed by atoms with Gasteiger partial charge < -0.3 is 4.90 Å². The summed E-state index contributed by atoms with van der Waals surface area (Å²) < 4.78 is 13.0. The van der Waals surface area contributed by atoms with Crippen LogP contribution in [0.5, 0.6) is 0 Å². The molecule has 16 heavy (non-hydrogen) atoms. The Balaban J connectivity index is 1.79. The lowest BCUT2D eigenvalue weighted by Crippen LogP contribution is -3.19. The molecule has 0 radical (unpaired) electrons. The summed E-state index contributed by atoms with van der Waals surface area (Å²) in [5.41, 5.74) is 6.17. The van der Waals surface area contributed by atoms with Crippen LogP contribution < -0.4 is 10.6 Å². The van der Waals surface area contributed by atoms with E-state index in [1.54, 1.807) is 4.90 Å². The molecule has 0 aromatic heterocycles. The first kappa shape index (κ1) is 12.3. The number of hydrogen-bond donors (Lipinski definition) is 2. The van der Waals surface area contributed by atoms with Gasteiger partial charge in [-0.2, -0.15) is 0 Å². The van der Waals surface area contributed by atoms with E-state index < -0.39 is 6.17 Å². The van der Waals surface area contributed by atoms with Crippen molar-refractivity contribution in [3.63, 3.8) is 0 Å². The van der Waals surface area contributed by atoms with Crippen LogP contribution in [-0.4, -0.2) is 25.4 Å². The van der Waals surface area contributed by atoms with E-state index in [4.69, 9.17) is 5.73 Å². The summed E-state index contributed by atoms with van der Waals surface area (Å²) in [5.74, 6) is 1.53. The third kappa shape index (κ3) is 3.17. The maximum absolute atomic E-state index is 13.0. The second-order valence-corrected chi connectivity index (χ2v) is 5.97. The van der Waals surface area contributed by atoms with Crippen LogP contribution in [0.1, 0.15) is 45.4 Å². The maximum Gasteiger partial charge on any atom is 0.138 e. The molecule has 1 saturated carbocycles. The molecule has 3 N–H and O–H groups in total. The summed E-state index contributed by atoms with van der Waals surface area (Å²) in [6, 6.07) is 0. The number of likely N-dealkylation sites (tertiary alicyclic amines) is 1. The Morgan fingerprint density at radius 2 is 1.81 bits per heavy atom. The van der Waals surface area contributed by atoms with Gasteiger partial charge in [0.05, 0.1) is 13.1 Å². The van der Waals surface area contributed by atoms with E-state index in [9.17, 15) is 4.39 Å². The molecule has 3 heteroatoms. The molecule has 0 aromatic carbocycles. The number of piperidine rings is 1. The maximum atomic E-state index is 13.0. The lowest BCUT2D eigenvalue weighted by molar-refractivity contribution is -0.937. The smallest absolute Gasteiger partial charge is 0.138 e. The fourth-order valence-electron chi connectivity index (χ4n) is 3.30. The lowest BCUT2D eigenvalue weighted by Gasteiger charge is -2.36. The van der Waals surface area contributed by atoms with Crippen molar-refractivity contribution in [3.8, 4) is 0 Å². The molecule has 0 spiro atoms. The van der Waals surface area contributed by atoms with Gasteiger partial charge in [-0.3, -0.25) is 5.73 Å². The van der Waals surface area contributed by atoms with Gasteiger partial charge in [-0.1, -0.05) is 6.92 Å². The van der Waals surface area contributed by atoms with Crippen molar-refractivity contribution in [2.75, 3.05) is 13.1 Å². The van der Waals surface area contributed by atoms with Crippen LogP contribution in [-0.2, 0) is 0 Å². The number of quaternary nitrogens is 1. The second-order valence-electron chi connectivity index (χ2n) is 5.97. The molecule has 3 atom stereocenters. The van der Waals surface area contributed by atoms with E-state index in [0.29, 0.717) is 6.17 Å². The first-order valence-corrected chi connectivity index (χ1v) is 6.89. The Bertz CT molecular complexity index is 214. The number of rotatable bonds is 2. The highest BCUT2D eigenvalue weighted by molar-refractivity contribution is 4.72. The molecule has 0 aromatic rings. The topological polar surface area (TPSA) is 30.5 Å². The van der Waals surface area contributed by atoms with E-state index >= 15 is 0 Å². The van der Waals surface area contributed by atoms with E-state index in [2.05, 4.69) is 6.92 Å². The molecule has 0 bridgehead atoms. The lowest BCUT2D eigenvalue weighted by atomic mass is 9.86. The van der Waals surface area contributed by atoms with E-state index in [-0.39, 0.29) is 0 Å². The quantitative estimate of drug-likeness (QED) is 0.730. The molecular formula is C13H26FN2+. The molecule has 3 unspecified atom stereocenters. The predicted octanol–water partition coefficient (Wildman–Crippen LogP) is 1.11. The van der Waals surface area contributed by atoms with Crippen LogP contribution in [0.15, 0.2) is 0 Å². The van der Waals surface area contributed by atoms with Crippen molar-refractivity contribution in [1.29, 1.82) is 0 Å². The largest absolute Gasteiger partial charge is 0.320 e. The van der Waals surface area contributed by atoms with Gasteiger partial charge in [0, 0.05) is 18.3 Å². The fraction of sp³-hybridized carbons (Fsp3) is 1.00. The Kier molecular flexibility index (Phi) is 4.20. The van der Waals surface area contributed by atoms with Crippen LogP contribution >= 0.6 is 0 Å². The number of nitrogens with one attached hydrogen (secondary N) is 1. The minimum Gasteiger partial charge on any atom is -0.320 e. The molecule has 1 saturated heterocycles. The summed E-state index contributed by atoms with van der Waals surface area (Å²) in [6.07, 6.45) is 5.96. The summed E-state index contributed by atoms with van der Waals surface area (Å²) in [7, 11) is 0. The van der Waals surface area contributed by atoms with Gasteiger partial charge >= 0.3 is 0 Å². The van der Waals surface area contributed by atoms with E-state index in [1.807, 2.05) is 0 Å².